The Morgan fingerprint density at radius 3 is 2.69 bits per heavy atom. The third kappa shape index (κ3) is 3.08. The first-order chi connectivity index (χ1) is 7.34. The molecule has 16 heavy (non-hydrogen) atoms. The van der Waals surface area contributed by atoms with Crippen molar-refractivity contribution >= 4 is 5.78 Å². The van der Waals surface area contributed by atoms with E-state index >= 15 is 0 Å². The molecule has 1 atom stereocenters. The van der Waals surface area contributed by atoms with Crippen molar-refractivity contribution in [1.29, 1.82) is 0 Å². The zero-order chi connectivity index (χ0) is 12.3. The zero-order valence-electron chi connectivity index (χ0n) is 9.08. The summed E-state index contributed by atoms with van der Waals surface area (Å²) in [5.74, 6) is -1.53. The van der Waals surface area contributed by atoms with E-state index in [4.69, 9.17) is 0 Å². The van der Waals surface area contributed by atoms with E-state index in [1.807, 2.05) is 13.8 Å². The Bertz CT molecular complexity index is 370. The molecule has 0 N–H and O–H groups in total. The number of carbonyl (C=O) groups is 1. The molecule has 6 heteroatoms. The lowest BCUT2D eigenvalue weighted by Gasteiger charge is -2.07. The lowest BCUT2D eigenvalue weighted by Crippen LogP contribution is -2.22. The van der Waals surface area contributed by atoms with Crippen LogP contribution in [0.4, 0.5) is 13.2 Å². The van der Waals surface area contributed by atoms with Gasteiger partial charge in [-0.15, -0.1) is 0 Å². The van der Waals surface area contributed by atoms with Gasteiger partial charge in [-0.2, -0.15) is 18.3 Å². The molecule has 0 aliphatic rings. The Labute approximate surface area is 91.3 Å². The van der Waals surface area contributed by atoms with Crippen LogP contribution in [-0.2, 0) is 6.54 Å². The van der Waals surface area contributed by atoms with Gasteiger partial charge in [0.25, 0.3) is 5.78 Å². The SMILES string of the molecule is CCC(C)Cn1cc(C(=O)C(F)(F)F)cn1. The van der Waals surface area contributed by atoms with Gasteiger partial charge in [-0.05, 0) is 5.92 Å². The van der Waals surface area contributed by atoms with Gasteiger partial charge in [0.1, 0.15) is 0 Å². The molecule has 1 rings (SSSR count). The molecule has 1 aromatic heterocycles. The number of carbonyl (C=O) groups excluding carboxylic acids is 1. The number of Topliss-reactive ketones (excluding diaryl/α,β-unsaturated/α-hetero) is 1. The standard InChI is InChI=1S/C10H13F3N2O/c1-3-7(2)5-15-6-8(4-14-15)9(16)10(11,12)13/h4,6-7H,3,5H2,1-2H3. The van der Waals surface area contributed by atoms with E-state index in [9.17, 15) is 18.0 Å². The molecule has 0 bridgehead atoms. The number of aromatic nitrogens is 2. The Hall–Kier alpha value is -1.33. The maximum absolute atomic E-state index is 12.1. The average Bonchev–Trinajstić information content (AvgIpc) is 2.63. The Morgan fingerprint density at radius 2 is 2.19 bits per heavy atom. The summed E-state index contributed by atoms with van der Waals surface area (Å²) < 4.78 is 37.6. The Balaban J connectivity index is 2.76. The second-order valence-corrected chi connectivity index (χ2v) is 3.79. The minimum atomic E-state index is -4.83. The van der Waals surface area contributed by atoms with Crippen molar-refractivity contribution in [3.8, 4) is 0 Å². The van der Waals surface area contributed by atoms with Crippen LogP contribution in [0.15, 0.2) is 12.4 Å². The van der Waals surface area contributed by atoms with Crippen LogP contribution >= 0.6 is 0 Å². The maximum atomic E-state index is 12.1. The molecule has 1 unspecified atom stereocenters. The van der Waals surface area contributed by atoms with Crippen LogP contribution in [0.5, 0.6) is 0 Å². The quantitative estimate of drug-likeness (QED) is 0.751. The molecule has 3 nitrogen and oxygen atoms in total. The molecule has 0 fully saturated rings. The zero-order valence-corrected chi connectivity index (χ0v) is 9.08. The van der Waals surface area contributed by atoms with Crippen molar-refractivity contribution in [1.82, 2.24) is 9.78 Å². The topological polar surface area (TPSA) is 34.9 Å². The summed E-state index contributed by atoms with van der Waals surface area (Å²) in [5, 5.41) is 3.73. The highest BCUT2D eigenvalue weighted by Gasteiger charge is 2.39. The molecule has 0 saturated carbocycles. The minimum Gasteiger partial charge on any atom is -0.284 e. The Kier molecular flexibility index (Phi) is 3.72. The van der Waals surface area contributed by atoms with Crippen molar-refractivity contribution in [2.45, 2.75) is 33.0 Å². The molecule has 0 amide bonds. The minimum absolute atomic E-state index is 0.314. The monoisotopic (exact) mass is 234 g/mol. The average molecular weight is 234 g/mol. The van der Waals surface area contributed by atoms with Crippen LogP contribution in [0.3, 0.4) is 0 Å². The van der Waals surface area contributed by atoms with Crippen LogP contribution in [0.1, 0.15) is 30.6 Å². The van der Waals surface area contributed by atoms with Gasteiger partial charge in [0, 0.05) is 12.7 Å². The summed E-state index contributed by atoms with van der Waals surface area (Å²) in [7, 11) is 0. The van der Waals surface area contributed by atoms with E-state index in [0.29, 0.717) is 12.5 Å². The molecule has 1 heterocycles. The largest absolute Gasteiger partial charge is 0.454 e. The summed E-state index contributed by atoms with van der Waals surface area (Å²) in [6.45, 7) is 4.46. The van der Waals surface area contributed by atoms with E-state index in [-0.39, 0.29) is 0 Å². The van der Waals surface area contributed by atoms with E-state index in [0.717, 1.165) is 18.8 Å². The van der Waals surface area contributed by atoms with Crippen LogP contribution in [-0.4, -0.2) is 21.7 Å². The van der Waals surface area contributed by atoms with Crippen molar-refractivity contribution in [3.63, 3.8) is 0 Å². The molecular formula is C10H13F3N2O. The molecule has 0 aliphatic carbocycles. The number of alkyl halides is 3. The smallest absolute Gasteiger partial charge is 0.284 e. The van der Waals surface area contributed by atoms with Gasteiger partial charge in [-0.3, -0.25) is 9.48 Å². The fraction of sp³-hybridized carbons (Fsp3) is 0.600. The summed E-state index contributed by atoms with van der Waals surface area (Å²) in [4.78, 5) is 10.9. The van der Waals surface area contributed by atoms with Gasteiger partial charge in [0.05, 0.1) is 11.8 Å². The van der Waals surface area contributed by atoms with Crippen molar-refractivity contribution in [3.05, 3.63) is 18.0 Å². The highest BCUT2D eigenvalue weighted by molar-refractivity contribution is 5.99. The highest BCUT2D eigenvalue weighted by Crippen LogP contribution is 2.21. The third-order valence-electron chi connectivity index (χ3n) is 2.35. The summed E-state index contributed by atoms with van der Waals surface area (Å²) in [5.41, 5.74) is -0.407. The number of nitrogens with zero attached hydrogens (tertiary/aromatic N) is 2. The number of rotatable bonds is 4. The maximum Gasteiger partial charge on any atom is 0.454 e. The third-order valence-corrected chi connectivity index (χ3v) is 2.35. The summed E-state index contributed by atoms with van der Waals surface area (Å²) >= 11 is 0. The van der Waals surface area contributed by atoms with Crippen molar-refractivity contribution < 1.29 is 18.0 Å². The molecule has 0 radical (unpaired) electrons. The first-order valence-electron chi connectivity index (χ1n) is 4.98. The van der Waals surface area contributed by atoms with Crippen molar-refractivity contribution in [2.24, 2.45) is 5.92 Å². The highest BCUT2D eigenvalue weighted by atomic mass is 19.4. The van der Waals surface area contributed by atoms with Gasteiger partial charge in [-0.25, -0.2) is 0 Å². The number of hydrogen-bond donors (Lipinski definition) is 0. The second-order valence-electron chi connectivity index (χ2n) is 3.79. The molecular weight excluding hydrogens is 221 g/mol. The predicted molar refractivity (Wildman–Crippen MR) is 52.1 cm³/mol. The first-order valence-corrected chi connectivity index (χ1v) is 4.98. The van der Waals surface area contributed by atoms with Gasteiger partial charge < -0.3 is 0 Å². The molecule has 0 aromatic carbocycles. The second kappa shape index (κ2) is 4.67. The van der Waals surface area contributed by atoms with Crippen LogP contribution in [0, 0.1) is 5.92 Å². The van der Waals surface area contributed by atoms with E-state index < -0.39 is 17.5 Å². The fourth-order valence-corrected chi connectivity index (χ4v) is 1.19. The molecule has 0 saturated heterocycles. The van der Waals surface area contributed by atoms with E-state index in [2.05, 4.69) is 5.10 Å². The fourth-order valence-electron chi connectivity index (χ4n) is 1.19. The lowest BCUT2D eigenvalue weighted by molar-refractivity contribution is -0.0885. The molecule has 0 spiro atoms. The molecule has 1 aromatic rings. The first kappa shape index (κ1) is 12.7. The van der Waals surface area contributed by atoms with Crippen LogP contribution in [0.2, 0.25) is 0 Å². The van der Waals surface area contributed by atoms with Gasteiger partial charge in [0.2, 0.25) is 0 Å². The normalized spacial score (nSPS) is 13.8. The number of ketones is 1. The Morgan fingerprint density at radius 1 is 1.56 bits per heavy atom. The number of hydrogen-bond acceptors (Lipinski definition) is 2. The van der Waals surface area contributed by atoms with Crippen molar-refractivity contribution in [2.75, 3.05) is 0 Å². The molecule has 0 aliphatic heterocycles. The summed E-state index contributed by atoms with van der Waals surface area (Å²) in [6, 6.07) is 0. The molecule has 90 valence electrons. The predicted octanol–water partition coefficient (Wildman–Crippen LogP) is 2.67. The number of halogens is 3. The lowest BCUT2D eigenvalue weighted by atomic mass is 10.1. The van der Waals surface area contributed by atoms with E-state index in [1.165, 1.54) is 4.68 Å². The van der Waals surface area contributed by atoms with E-state index in [1.54, 1.807) is 0 Å². The summed E-state index contributed by atoms with van der Waals surface area (Å²) in [6.07, 6.45) is -1.83. The van der Waals surface area contributed by atoms with Gasteiger partial charge in [-0.1, -0.05) is 20.3 Å². The van der Waals surface area contributed by atoms with Crippen LogP contribution < -0.4 is 0 Å². The van der Waals surface area contributed by atoms with Gasteiger partial charge >= 0.3 is 6.18 Å². The van der Waals surface area contributed by atoms with Gasteiger partial charge in [0.15, 0.2) is 0 Å². The van der Waals surface area contributed by atoms with Crippen LogP contribution in [0.25, 0.3) is 0 Å².